The van der Waals surface area contributed by atoms with E-state index < -0.39 is 4.92 Å². The van der Waals surface area contributed by atoms with Crippen LogP contribution < -0.4 is 5.73 Å². The summed E-state index contributed by atoms with van der Waals surface area (Å²) in [5.41, 5.74) is 6.07. The minimum Gasteiger partial charge on any atom is -0.341 e. The van der Waals surface area contributed by atoms with E-state index in [-0.39, 0.29) is 23.1 Å². The number of hydrogen-bond acceptors (Lipinski definition) is 5. The van der Waals surface area contributed by atoms with E-state index in [1.165, 1.54) is 23.9 Å². The van der Waals surface area contributed by atoms with Crippen LogP contribution in [0.1, 0.15) is 20.3 Å². The number of nitrogens with two attached hydrogens (primary N) is 1. The van der Waals surface area contributed by atoms with Crippen LogP contribution in [0.25, 0.3) is 0 Å². The van der Waals surface area contributed by atoms with Crippen LogP contribution in [0, 0.1) is 15.5 Å². The van der Waals surface area contributed by atoms with Crippen LogP contribution in [0.3, 0.4) is 0 Å². The largest absolute Gasteiger partial charge is 0.341 e. The lowest BCUT2D eigenvalue weighted by Crippen LogP contribution is -2.54. The van der Waals surface area contributed by atoms with Crippen molar-refractivity contribution >= 4 is 23.4 Å². The maximum Gasteiger partial charge on any atom is 0.269 e. The fourth-order valence-electron chi connectivity index (χ4n) is 2.49. The molecule has 22 heavy (non-hydrogen) atoms. The molecule has 1 unspecified atom stereocenters. The molecule has 7 heteroatoms. The number of carbonyl (C=O) groups excluding carboxylic acids is 1. The third-order valence-corrected chi connectivity index (χ3v) is 5.07. The monoisotopic (exact) mass is 323 g/mol. The summed E-state index contributed by atoms with van der Waals surface area (Å²) in [5.74, 6) is 0.423. The molecule has 2 rings (SSSR count). The number of hydrogen-bond donors (Lipinski definition) is 1. The maximum absolute atomic E-state index is 12.3. The number of nitrogens with zero attached hydrogens (tertiary/aromatic N) is 2. The summed E-state index contributed by atoms with van der Waals surface area (Å²) in [5, 5.41) is 10.6. The van der Waals surface area contributed by atoms with E-state index in [2.05, 4.69) is 13.8 Å². The number of nitro groups is 1. The van der Waals surface area contributed by atoms with Gasteiger partial charge in [0, 0.05) is 36.2 Å². The third-order valence-electron chi connectivity index (χ3n) is 4.07. The van der Waals surface area contributed by atoms with Crippen LogP contribution in [0.2, 0.25) is 0 Å². The molecule has 1 amide bonds. The van der Waals surface area contributed by atoms with Crippen LogP contribution in [0.15, 0.2) is 29.2 Å². The molecule has 0 radical (unpaired) electrons. The predicted molar refractivity (Wildman–Crippen MR) is 86.8 cm³/mol. The Morgan fingerprint density at radius 1 is 1.45 bits per heavy atom. The second-order valence-electron chi connectivity index (χ2n) is 6.24. The number of amides is 1. The summed E-state index contributed by atoms with van der Waals surface area (Å²) in [6, 6.07) is 6.38. The molecular weight excluding hydrogens is 302 g/mol. The molecule has 1 aromatic carbocycles. The highest BCUT2D eigenvalue weighted by molar-refractivity contribution is 8.00. The third kappa shape index (κ3) is 3.98. The zero-order valence-corrected chi connectivity index (χ0v) is 13.6. The molecule has 0 aliphatic carbocycles. The minimum atomic E-state index is -0.432. The molecule has 1 aliphatic heterocycles. The molecule has 0 spiro atoms. The van der Waals surface area contributed by atoms with Crippen molar-refractivity contribution in [3.8, 4) is 0 Å². The zero-order valence-electron chi connectivity index (χ0n) is 12.8. The van der Waals surface area contributed by atoms with Gasteiger partial charge in [-0.1, -0.05) is 13.8 Å². The van der Waals surface area contributed by atoms with Crippen molar-refractivity contribution in [2.24, 2.45) is 11.1 Å². The summed E-state index contributed by atoms with van der Waals surface area (Å²) in [4.78, 5) is 25.2. The van der Waals surface area contributed by atoms with E-state index in [0.29, 0.717) is 18.8 Å². The number of nitro benzene ring substituents is 1. The smallest absolute Gasteiger partial charge is 0.269 e. The number of non-ortho nitro benzene ring substituents is 1. The molecule has 6 nitrogen and oxygen atoms in total. The van der Waals surface area contributed by atoms with Crippen LogP contribution in [-0.2, 0) is 4.79 Å². The van der Waals surface area contributed by atoms with Crippen LogP contribution >= 0.6 is 11.8 Å². The lowest BCUT2D eigenvalue weighted by Gasteiger charge is -2.42. The Hall–Kier alpha value is -1.60. The number of benzene rings is 1. The second kappa shape index (κ2) is 6.66. The van der Waals surface area contributed by atoms with Gasteiger partial charge in [0.25, 0.3) is 5.69 Å². The summed E-state index contributed by atoms with van der Waals surface area (Å²) in [6.45, 7) is 5.54. The minimum absolute atomic E-state index is 0.0578. The molecule has 2 N–H and O–H groups in total. The molecular formula is C15H21N3O3S. The first-order chi connectivity index (χ1) is 10.3. The molecule has 1 saturated heterocycles. The van der Waals surface area contributed by atoms with E-state index in [1.54, 1.807) is 12.1 Å². The molecule has 120 valence electrons. The first-order valence-electron chi connectivity index (χ1n) is 7.20. The first kappa shape index (κ1) is 16.8. The van der Waals surface area contributed by atoms with Crippen molar-refractivity contribution in [1.29, 1.82) is 0 Å². The molecule has 0 aromatic heterocycles. The Labute approximate surface area is 134 Å². The van der Waals surface area contributed by atoms with Gasteiger partial charge < -0.3 is 10.6 Å². The average molecular weight is 323 g/mol. The van der Waals surface area contributed by atoms with Gasteiger partial charge in [-0.2, -0.15) is 0 Å². The van der Waals surface area contributed by atoms with Gasteiger partial charge >= 0.3 is 0 Å². The summed E-state index contributed by atoms with van der Waals surface area (Å²) < 4.78 is 0. The van der Waals surface area contributed by atoms with Crippen molar-refractivity contribution in [2.75, 3.05) is 18.8 Å². The van der Waals surface area contributed by atoms with Crippen LogP contribution in [-0.4, -0.2) is 40.6 Å². The van der Waals surface area contributed by atoms with Gasteiger partial charge in [0.2, 0.25) is 5.91 Å². The van der Waals surface area contributed by atoms with Gasteiger partial charge in [-0.05, 0) is 24.0 Å². The fraction of sp³-hybridized carbons (Fsp3) is 0.533. The second-order valence-corrected chi connectivity index (χ2v) is 7.29. The number of likely N-dealkylation sites (tertiary alicyclic amines) is 1. The van der Waals surface area contributed by atoms with E-state index >= 15 is 0 Å². The van der Waals surface area contributed by atoms with Crippen LogP contribution in [0.5, 0.6) is 0 Å². The number of thioether (sulfide) groups is 1. The molecule has 1 aliphatic rings. The Morgan fingerprint density at radius 3 is 2.64 bits per heavy atom. The van der Waals surface area contributed by atoms with Gasteiger partial charge in [-0.15, -0.1) is 11.8 Å². The summed E-state index contributed by atoms with van der Waals surface area (Å²) in [6.07, 6.45) is 0.820. The normalized spacial score (nSPS) is 20.7. The Bertz CT molecular complexity index is 560. The van der Waals surface area contributed by atoms with E-state index in [9.17, 15) is 14.9 Å². The lowest BCUT2D eigenvalue weighted by molar-refractivity contribution is -0.384. The highest BCUT2D eigenvalue weighted by Gasteiger charge is 2.35. The van der Waals surface area contributed by atoms with Crippen molar-refractivity contribution in [2.45, 2.75) is 31.2 Å². The predicted octanol–water partition coefficient (Wildman–Crippen LogP) is 2.27. The van der Waals surface area contributed by atoms with Gasteiger partial charge in [0.1, 0.15) is 0 Å². The van der Waals surface area contributed by atoms with Crippen molar-refractivity contribution < 1.29 is 9.72 Å². The fourth-order valence-corrected chi connectivity index (χ4v) is 3.29. The molecule has 1 atom stereocenters. The summed E-state index contributed by atoms with van der Waals surface area (Å²) >= 11 is 1.40. The SMILES string of the molecule is CC1(C)CN(C(=O)CSc2ccc([N+](=O)[O-])cc2)CCC1N. The van der Waals surface area contributed by atoms with Gasteiger partial charge in [0.15, 0.2) is 0 Å². The van der Waals surface area contributed by atoms with Crippen molar-refractivity contribution in [3.05, 3.63) is 34.4 Å². The van der Waals surface area contributed by atoms with E-state index in [0.717, 1.165) is 11.3 Å². The van der Waals surface area contributed by atoms with Gasteiger partial charge in [-0.25, -0.2) is 0 Å². The molecule has 1 fully saturated rings. The van der Waals surface area contributed by atoms with E-state index in [4.69, 9.17) is 5.73 Å². The van der Waals surface area contributed by atoms with E-state index in [1.807, 2.05) is 4.90 Å². The van der Waals surface area contributed by atoms with Crippen LogP contribution in [0.4, 0.5) is 5.69 Å². The Kier molecular flexibility index (Phi) is 5.08. The Balaban J connectivity index is 1.89. The topological polar surface area (TPSA) is 89.5 Å². The van der Waals surface area contributed by atoms with Crippen molar-refractivity contribution in [3.63, 3.8) is 0 Å². The molecule has 1 heterocycles. The first-order valence-corrected chi connectivity index (χ1v) is 8.19. The highest BCUT2D eigenvalue weighted by Crippen LogP contribution is 2.29. The van der Waals surface area contributed by atoms with Gasteiger partial charge in [0.05, 0.1) is 10.7 Å². The highest BCUT2D eigenvalue weighted by atomic mass is 32.2. The molecule has 0 saturated carbocycles. The lowest BCUT2D eigenvalue weighted by atomic mass is 9.80. The van der Waals surface area contributed by atoms with Gasteiger partial charge in [-0.3, -0.25) is 14.9 Å². The number of carbonyl (C=O) groups is 1. The average Bonchev–Trinajstić information content (AvgIpc) is 2.48. The maximum atomic E-state index is 12.3. The number of rotatable bonds is 4. The van der Waals surface area contributed by atoms with Crippen molar-refractivity contribution in [1.82, 2.24) is 4.90 Å². The molecule has 0 bridgehead atoms. The quantitative estimate of drug-likeness (QED) is 0.521. The molecule has 1 aromatic rings. The standard InChI is InChI=1S/C15H21N3O3S/c1-15(2)10-17(8-7-13(15)16)14(19)9-22-12-5-3-11(4-6-12)18(20)21/h3-6,13H,7-10,16H2,1-2H3. The Morgan fingerprint density at radius 2 is 2.09 bits per heavy atom. The zero-order chi connectivity index (χ0) is 16.3. The summed E-state index contributed by atoms with van der Waals surface area (Å²) in [7, 11) is 0. The number of piperidine rings is 1.